The molecule has 4 heteroatoms. The van der Waals surface area contributed by atoms with Gasteiger partial charge in [0.05, 0.1) is 7.11 Å². The summed E-state index contributed by atoms with van der Waals surface area (Å²) in [6.45, 7) is 0.667. The highest BCUT2D eigenvalue weighted by Crippen LogP contribution is 2.37. The second-order valence-corrected chi connectivity index (χ2v) is 6.14. The van der Waals surface area contributed by atoms with Crippen molar-refractivity contribution in [3.63, 3.8) is 0 Å². The minimum Gasteiger partial charge on any atom is -0.465 e. The molecule has 0 atom stereocenters. The number of esters is 1. The smallest absolute Gasteiger partial charge is 0.343 e. The van der Waals surface area contributed by atoms with Crippen LogP contribution in [-0.4, -0.2) is 30.4 Å². The van der Waals surface area contributed by atoms with Crippen LogP contribution in [0, 0.1) is 0 Å². The molecular formula is C18H23NO3. The van der Waals surface area contributed by atoms with E-state index in [9.17, 15) is 9.59 Å². The maximum atomic E-state index is 12.7. The molecule has 118 valence electrons. The van der Waals surface area contributed by atoms with Crippen molar-refractivity contribution in [3.8, 4) is 0 Å². The summed E-state index contributed by atoms with van der Waals surface area (Å²) in [6, 6.07) is 0. The summed E-state index contributed by atoms with van der Waals surface area (Å²) >= 11 is 0. The van der Waals surface area contributed by atoms with Crippen molar-refractivity contribution >= 4 is 11.9 Å². The molecule has 0 fully saturated rings. The van der Waals surface area contributed by atoms with Crippen molar-refractivity contribution in [2.45, 2.75) is 51.4 Å². The van der Waals surface area contributed by atoms with Crippen LogP contribution in [-0.2, 0) is 14.3 Å². The number of ether oxygens (including phenoxy) is 1. The first-order valence-corrected chi connectivity index (χ1v) is 8.24. The lowest BCUT2D eigenvalue weighted by Gasteiger charge is -2.23. The SMILES string of the molecule is COC(=O)C1=C2CCCC=C2N(CCC2=CCCCC2)C1=O. The normalized spacial score (nSPS) is 21.5. The van der Waals surface area contributed by atoms with Gasteiger partial charge >= 0.3 is 5.97 Å². The van der Waals surface area contributed by atoms with Crippen molar-refractivity contribution in [1.29, 1.82) is 0 Å². The highest BCUT2D eigenvalue weighted by Gasteiger charge is 2.39. The summed E-state index contributed by atoms with van der Waals surface area (Å²) in [7, 11) is 1.34. The van der Waals surface area contributed by atoms with Crippen LogP contribution in [0.15, 0.2) is 34.6 Å². The van der Waals surface area contributed by atoms with E-state index in [-0.39, 0.29) is 11.5 Å². The first-order valence-electron chi connectivity index (χ1n) is 8.24. The van der Waals surface area contributed by atoms with E-state index in [1.165, 1.54) is 25.5 Å². The van der Waals surface area contributed by atoms with Crippen LogP contribution in [0.5, 0.6) is 0 Å². The average molecular weight is 301 g/mol. The van der Waals surface area contributed by atoms with Crippen LogP contribution in [0.25, 0.3) is 0 Å². The van der Waals surface area contributed by atoms with Crippen LogP contribution in [0.1, 0.15) is 51.4 Å². The van der Waals surface area contributed by atoms with Crippen LogP contribution in [0.2, 0.25) is 0 Å². The van der Waals surface area contributed by atoms with Crippen molar-refractivity contribution in [2.24, 2.45) is 0 Å². The monoisotopic (exact) mass is 301 g/mol. The van der Waals surface area contributed by atoms with Gasteiger partial charge in [0.15, 0.2) is 0 Å². The van der Waals surface area contributed by atoms with E-state index in [4.69, 9.17) is 4.74 Å². The highest BCUT2D eigenvalue weighted by atomic mass is 16.5. The van der Waals surface area contributed by atoms with E-state index < -0.39 is 5.97 Å². The van der Waals surface area contributed by atoms with E-state index in [2.05, 4.69) is 12.2 Å². The zero-order valence-corrected chi connectivity index (χ0v) is 13.2. The van der Waals surface area contributed by atoms with Crippen molar-refractivity contribution < 1.29 is 14.3 Å². The molecule has 22 heavy (non-hydrogen) atoms. The summed E-state index contributed by atoms with van der Waals surface area (Å²) in [4.78, 5) is 26.4. The number of hydrogen-bond donors (Lipinski definition) is 0. The zero-order chi connectivity index (χ0) is 15.5. The van der Waals surface area contributed by atoms with Crippen molar-refractivity contribution in [3.05, 3.63) is 34.6 Å². The molecule has 0 unspecified atom stereocenters. The second-order valence-electron chi connectivity index (χ2n) is 6.14. The van der Waals surface area contributed by atoms with Gasteiger partial charge < -0.3 is 9.64 Å². The van der Waals surface area contributed by atoms with E-state index in [0.717, 1.165) is 49.8 Å². The quantitative estimate of drug-likeness (QED) is 0.455. The Morgan fingerprint density at radius 3 is 2.73 bits per heavy atom. The highest BCUT2D eigenvalue weighted by molar-refractivity contribution is 6.20. The molecule has 2 aliphatic carbocycles. The summed E-state index contributed by atoms with van der Waals surface area (Å²) in [5.41, 5.74) is 3.54. The molecule has 4 nitrogen and oxygen atoms in total. The molecule has 0 saturated carbocycles. The molecule has 1 aliphatic heterocycles. The largest absolute Gasteiger partial charge is 0.465 e. The molecule has 3 rings (SSSR count). The Morgan fingerprint density at radius 2 is 2.00 bits per heavy atom. The van der Waals surface area contributed by atoms with Gasteiger partial charge in [-0.1, -0.05) is 17.7 Å². The summed E-state index contributed by atoms with van der Waals surface area (Å²) in [5.74, 6) is -0.668. The molecule has 1 amide bonds. The number of allylic oxidation sites excluding steroid dienone is 3. The maximum Gasteiger partial charge on any atom is 0.343 e. The number of carbonyl (C=O) groups is 2. The minimum absolute atomic E-state index is 0.175. The summed E-state index contributed by atoms with van der Waals surface area (Å²) in [6.07, 6.45) is 12.9. The molecule has 0 aromatic carbocycles. The van der Waals surface area contributed by atoms with Gasteiger partial charge in [-0.2, -0.15) is 0 Å². The maximum absolute atomic E-state index is 12.7. The van der Waals surface area contributed by atoms with Gasteiger partial charge in [0.25, 0.3) is 5.91 Å². The van der Waals surface area contributed by atoms with Gasteiger partial charge in [0.2, 0.25) is 0 Å². The molecule has 1 heterocycles. The zero-order valence-electron chi connectivity index (χ0n) is 13.2. The van der Waals surface area contributed by atoms with Crippen LogP contribution in [0.4, 0.5) is 0 Å². The Kier molecular flexibility index (Phi) is 4.46. The standard InChI is InChI=1S/C18H23NO3/c1-22-18(21)16-14-9-5-6-10-15(14)19(17(16)20)12-11-13-7-3-2-4-8-13/h7,10H,2-6,8-9,11-12H2,1H3. The number of rotatable bonds is 4. The first-order chi connectivity index (χ1) is 10.7. The third kappa shape index (κ3) is 2.74. The van der Waals surface area contributed by atoms with E-state index in [0.29, 0.717) is 6.54 Å². The fourth-order valence-electron chi connectivity index (χ4n) is 3.59. The lowest BCUT2D eigenvalue weighted by Crippen LogP contribution is -2.29. The molecule has 3 aliphatic rings. The first kappa shape index (κ1) is 15.1. The van der Waals surface area contributed by atoms with Gasteiger partial charge in [-0.3, -0.25) is 4.79 Å². The minimum atomic E-state index is -0.493. The lowest BCUT2D eigenvalue weighted by atomic mass is 9.96. The van der Waals surface area contributed by atoms with Gasteiger partial charge in [-0.15, -0.1) is 0 Å². The van der Waals surface area contributed by atoms with E-state index in [1.807, 2.05) is 0 Å². The molecule has 0 N–H and O–H groups in total. The number of nitrogens with zero attached hydrogens (tertiary/aromatic N) is 1. The Hall–Kier alpha value is -1.84. The number of fused-ring (bicyclic) bond motifs is 1. The third-order valence-corrected chi connectivity index (χ3v) is 4.76. The Bertz CT molecular complexity index is 583. The summed E-state index contributed by atoms with van der Waals surface area (Å²) < 4.78 is 4.81. The van der Waals surface area contributed by atoms with Crippen LogP contribution in [0.3, 0.4) is 0 Å². The Balaban J connectivity index is 1.78. The van der Waals surface area contributed by atoms with E-state index in [1.54, 1.807) is 4.90 Å². The number of amides is 1. The van der Waals surface area contributed by atoms with Gasteiger partial charge in [-0.25, -0.2) is 4.79 Å². The number of methoxy groups -OCH3 is 1. The number of carbonyl (C=O) groups excluding carboxylic acids is 2. The average Bonchev–Trinajstić information content (AvgIpc) is 2.85. The fourth-order valence-corrected chi connectivity index (χ4v) is 3.59. The molecule has 0 bridgehead atoms. The van der Waals surface area contributed by atoms with Gasteiger partial charge in [0.1, 0.15) is 5.57 Å². The Labute approximate surface area is 131 Å². The van der Waals surface area contributed by atoms with Gasteiger partial charge in [-0.05, 0) is 56.9 Å². The van der Waals surface area contributed by atoms with Gasteiger partial charge in [0, 0.05) is 12.2 Å². The van der Waals surface area contributed by atoms with Crippen molar-refractivity contribution in [1.82, 2.24) is 4.90 Å². The topological polar surface area (TPSA) is 46.6 Å². The predicted octanol–water partition coefficient (Wildman–Crippen LogP) is 3.26. The molecule has 0 aromatic heterocycles. The molecule has 0 saturated heterocycles. The molecule has 0 aromatic rings. The lowest BCUT2D eigenvalue weighted by molar-refractivity contribution is -0.139. The van der Waals surface area contributed by atoms with Crippen LogP contribution >= 0.6 is 0 Å². The second kappa shape index (κ2) is 6.51. The predicted molar refractivity (Wildman–Crippen MR) is 83.9 cm³/mol. The van der Waals surface area contributed by atoms with Crippen molar-refractivity contribution in [2.75, 3.05) is 13.7 Å². The third-order valence-electron chi connectivity index (χ3n) is 4.76. The molecule has 0 spiro atoms. The number of hydrogen-bond acceptors (Lipinski definition) is 3. The molecular weight excluding hydrogens is 278 g/mol. The fraction of sp³-hybridized carbons (Fsp3) is 0.556. The van der Waals surface area contributed by atoms with Crippen LogP contribution < -0.4 is 0 Å². The Morgan fingerprint density at radius 1 is 1.18 bits per heavy atom. The summed E-state index contributed by atoms with van der Waals surface area (Å²) in [5, 5.41) is 0. The van der Waals surface area contributed by atoms with E-state index >= 15 is 0 Å². The molecule has 0 radical (unpaired) electrons.